The van der Waals surface area contributed by atoms with Crippen molar-refractivity contribution in [1.29, 1.82) is 0 Å². The molecule has 3 rings (SSSR count). The van der Waals surface area contributed by atoms with Gasteiger partial charge in [0.2, 0.25) is 0 Å². The first-order chi connectivity index (χ1) is 15.4. The summed E-state index contributed by atoms with van der Waals surface area (Å²) >= 11 is 12.2. The Balaban J connectivity index is 1.87. The van der Waals surface area contributed by atoms with Crippen LogP contribution < -0.4 is 10.6 Å². The molecule has 166 valence electrons. The van der Waals surface area contributed by atoms with Gasteiger partial charge >= 0.3 is 0 Å². The molecule has 0 aliphatic heterocycles. The number of carbonyl (C=O) groups is 2. The van der Waals surface area contributed by atoms with Crippen molar-refractivity contribution in [2.75, 3.05) is 20.3 Å². The molecule has 32 heavy (non-hydrogen) atoms. The smallest absolute Gasteiger partial charge is 0.268 e. The quantitative estimate of drug-likeness (QED) is 0.353. The van der Waals surface area contributed by atoms with Crippen molar-refractivity contribution < 1.29 is 18.7 Å². The summed E-state index contributed by atoms with van der Waals surface area (Å²) < 4.78 is 10.8. The molecule has 0 unspecified atom stereocenters. The molecule has 1 heterocycles. The first-order valence-electron chi connectivity index (χ1n) is 9.79. The molecule has 2 N–H and O–H groups in total. The number of aryl methyl sites for hydroxylation is 1. The predicted molar refractivity (Wildman–Crippen MR) is 126 cm³/mol. The first kappa shape index (κ1) is 23.6. The molecule has 0 atom stereocenters. The lowest BCUT2D eigenvalue weighted by molar-refractivity contribution is -0.117. The highest BCUT2D eigenvalue weighted by atomic mass is 35.5. The molecule has 0 spiro atoms. The topological polar surface area (TPSA) is 80.6 Å². The number of furan rings is 1. The average molecular weight is 473 g/mol. The highest BCUT2D eigenvalue weighted by Crippen LogP contribution is 2.31. The van der Waals surface area contributed by atoms with Crippen LogP contribution in [0.2, 0.25) is 10.0 Å². The summed E-state index contributed by atoms with van der Waals surface area (Å²) in [4.78, 5) is 25.4. The maximum Gasteiger partial charge on any atom is 0.268 e. The van der Waals surface area contributed by atoms with Crippen molar-refractivity contribution in [3.63, 3.8) is 0 Å². The monoisotopic (exact) mass is 472 g/mol. The molecule has 0 aliphatic rings. The number of nitrogens with one attached hydrogen (secondary N) is 2. The van der Waals surface area contributed by atoms with Crippen LogP contribution in [0.5, 0.6) is 0 Å². The Hall–Kier alpha value is -3.06. The van der Waals surface area contributed by atoms with Crippen LogP contribution >= 0.6 is 23.2 Å². The minimum Gasteiger partial charge on any atom is -0.457 e. The zero-order valence-electron chi connectivity index (χ0n) is 17.6. The van der Waals surface area contributed by atoms with Crippen LogP contribution in [0.1, 0.15) is 21.7 Å². The van der Waals surface area contributed by atoms with Crippen LogP contribution in [0.25, 0.3) is 17.4 Å². The number of carbonyl (C=O) groups excluding carboxylic acids is 2. The van der Waals surface area contributed by atoms with Crippen molar-refractivity contribution in [2.45, 2.75) is 6.92 Å². The third-order valence-electron chi connectivity index (χ3n) is 4.51. The fourth-order valence-corrected chi connectivity index (χ4v) is 3.33. The van der Waals surface area contributed by atoms with Gasteiger partial charge in [0.25, 0.3) is 11.8 Å². The van der Waals surface area contributed by atoms with Gasteiger partial charge in [-0.2, -0.15) is 0 Å². The Morgan fingerprint density at radius 1 is 1.06 bits per heavy atom. The summed E-state index contributed by atoms with van der Waals surface area (Å²) in [5, 5.41) is 6.31. The fourth-order valence-electron chi connectivity index (χ4n) is 2.83. The van der Waals surface area contributed by atoms with E-state index in [9.17, 15) is 9.59 Å². The fraction of sp³-hybridized carbons (Fsp3) is 0.167. The summed E-state index contributed by atoms with van der Waals surface area (Å²) in [5.41, 5.74) is 2.15. The van der Waals surface area contributed by atoms with Gasteiger partial charge in [0.15, 0.2) is 0 Å². The van der Waals surface area contributed by atoms with Gasteiger partial charge in [-0.05, 0) is 49.4 Å². The third-order valence-corrected chi connectivity index (χ3v) is 5.06. The van der Waals surface area contributed by atoms with Crippen LogP contribution in [0.4, 0.5) is 0 Å². The largest absolute Gasteiger partial charge is 0.457 e. The minimum atomic E-state index is -0.468. The normalized spacial score (nSPS) is 11.3. The highest BCUT2D eigenvalue weighted by Gasteiger charge is 2.16. The van der Waals surface area contributed by atoms with Gasteiger partial charge in [0, 0.05) is 35.9 Å². The van der Waals surface area contributed by atoms with Gasteiger partial charge in [0.05, 0.1) is 11.6 Å². The average Bonchev–Trinajstić information content (AvgIpc) is 3.22. The lowest BCUT2D eigenvalue weighted by atomic mass is 10.1. The molecule has 0 bridgehead atoms. The Bertz CT molecular complexity index is 1140. The second kappa shape index (κ2) is 11.0. The lowest BCUT2D eigenvalue weighted by Gasteiger charge is -2.10. The van der Waals surface area contributed by atoms with Crippen molar-refractivity contribution in [1.82, 2.24) is 10.6 Å². The molecule has 2 amide bonds. The zero-order valence-corrected chi connectivity index (χ0v) is 19.1. The van der Waals surface area contributed by atoms with Gasteiger partial charge in [-0.25, -0.2) is 0 Å². The van der Waals surface area contributed by atoms with Gasteiger partial charge in [-0.3, -0.25) is 9.59 Å². The van der Waals surface area contributed by atoms with Crippen LogP contribution in [-0.2, 0) is 9.53 Å². The van der Waals surface area contributed by atoms with E-state index in [1.807, 2.05) is 19.1 Å². The Morgan fingerprint density at radius 3 is 2.50 bits per heavy atom. The SMILES string of the molecule is COCCNC(=O)/C(=C/c1ccc(-c2ccc(Cl)cc2Cl)o1)NC(=O)c1ccc(C)cc1. The van der Waals surface area contributed by atoms with E-state index in [1.54, 1.807) is 42.5 Å². The summed E-state index contributed by atoms with van der Waals surface area (Å²) in [7, 11) is 1.54. The van der Waals surface area contributed by atoms with Crippen LogP contribution in [0, 0.1) is 6.92 Å². The third kappa shape index (κ3) is 6.23. The molecular formula is C24H22Cl2N2O4. The molecule has 0 fully saturated rings. The van der Waals surface area contributed by atoms with E-state index >= 15 is 0 Å². The molecule has 8 heteroatoms. The number of ether oxygens (including phenoxy) is 1. The number of rotatable bonds is 8. The van der Waals surface area contributed by atoms with Gasteiger partial charge in [-0.1, -0.05) is 40.9 Å². The summed E-state index contributed by atoms with van der Waals surface area (Å²) in [6.07, 6.45) is 1.46. The van der Waals surface area contributed by atoms with E-state index in [0.29, 0.717) is 39.3 Å². The van der Waals surface area contributed by atoms with Crippen molar-refractivity contribution in [2.24, 2.45) is 0 Å². The Morgan fingerprint density at radius 2 is 1.81 bits per heavy atom. The molecule has 3 aromatic rings. The van der Waals surface area contributed by atoms with Crippen molar-refractivity contribution in [3.05, 3.63) is 87.2 Å². The second-order valence-corrected chi connectivity index (χ2v) is 7.80. The first-order valence-corrected chi connectivity index (χ1v) is 10.5. The van der Waals surface area contributed by atoms with Crippen LogP contribution in [0.15, 0.2) is 64.7 Å². The highest BCUT2D eigenvalue weighted by molar-refractivity contribution is 6.36. The predicted octanol–water partition coefficient (Wildman–Crippen LogP) is 5.10. The van der Waals surface area contributed by atoms with Crippen LogP contribution in [-0.4, -0.2) is 32.1 Å². The van der Waals surface area contributed by atoms with E-state index in [0.717, 1.165) is 5.56 Å². The molecule has 0 aliphatic carbocycles. The maximum absolute atomic E-state index is 12.7. The molecule has 0 saturated carbocycles. The molecule has 6 nitrogen and oxygen atoms in total. The standard InChI is InChI=1S/C24H22Cl2N2O4/c1-15-3-5-16(6-4-15)23(29)28-21(24(30)27-11-12-31-2)14-18-8-10-22(32-18)19-9-7-17(25)13-20(19)26/h3-10,13-14H,11-12H2,1-2H3,(H,27,30)(H,28,29)/b21-14-. The molecule has 2 aromatic carbocycles. The Kier molecular flexibility index (Phi) is 8.11. The van der Waals surface area contributed by atoms with E-state index < -0.39 is 11.8 Å². The summed E-state index contributed by atoms with van der Waals surface area (Å²) in [6.45, 7) is 2.56. The van der Waals surface area contributed by atoms with Gasteiger partial charge in [0.1, 0.15) is 17.2 Å². The minimum absolute atomic E-state index is 0.0368. The maximum atomic E-state index is 12.7. The number of hydrogen-bond donors (Lipinski definition) is 2. The molecule has 0 saturated heterocycles. The van der Waals surface area contributed by atoms with E-state index in [-0.39, 0.29) is 12.2 Å². The second-order valence-electron chi connectivity index (χ2n) is 6.95. The summed E-state index contributed by atoms with van der Waals surface area (Å²) in [5.74, 6) is -0.00955. The number of hydrogen-bond acceptors (Lipinski definition) is 4. The van der Waals surface area contributed by atoms with Crippen molar-refractivity contribution in [3.8, 4) is 11.3 Å². The van der Waals surface area contributed by atoms with E-state index in [2.05, 4.69) is 10.6 Å². The molecular weight excluding hydrogens is 451 g/mol. The van der Waals surface area contributed by atoms with Crippen molar-refractivity contribution >= 4 is 41.1 Å². The van der Waals surface area contributed by atoms with Gasteiger partial charge in [-0.15, -0.1) is 0 Å². The van der Waals surface area contributed by atoms with Gasteiger partial charge < -0.3 is 19.8 Å². The molecule has 1 aromatic heterocycles. The lowest BCUT2D eigenvalue weighted by Crippen LogP contribution is -2.36. The molecule has 0 radical (unpaired) electrons. The Labute approximate surface area is 196 Å². The van der Waals surface area contributed by atoms with E-state index in [1.165, 1.54) is 13.2 Å². The number of benzene rings is 2. The van der Waals surface area contributed by atoms with E-state index in [4.69, 9.17) is 32.4 Å². The number of halogens is 2. The van der Waals surface area contributed by atoms with Crippen LogP contribution in [0.3, 0.4) is 0 Å². The number of amides is 2. The number of methoxy groups -OCH3 is 1. The zero-order chi connectivity index (χ0) is 23.1. The summed E-state index contributed by atoms with van der Waals surface area (Å²) in [6, 6.07) is 15.5.